The van der Waals surface area contributed by atoms with E-state index in [0.29, 0.717) is 4.47 Å². The Hall–Kier alpha value is -0.710. The summed E-state index contributed by atoms with van der Waals surface area (Å²) >= 11 is 2.92. The first-order chi connectivity index (χ1) is 5.11. The van der Waals surface area contributed by atoms with Gasteiger partial charge in [0.2, 0.25) is 5.88 Å². The molecule has 0 fully saturated rings. The second-order valence-electron chi connectivity index (χ2n) is 1.84. The van der Waals surface area contributed by atoms with Crippen molar-refractivity contribution in [2.24, 2.45) is 0 Å². The third kappa shape index (κ3) is 1.86. The van der Waals surface area contributed by atoms with Crippen LogP contribution in [-0.2, 0) is 0 Å². The van der Waals surface area contributed by atoms with Gasteiger partial charge in [-0.2, -0.15) is 0 Å². The highest BCUT2D eigenvalue weighted by Gasteiger charge is 2.10. The summed E-state index contributed by atoms with van der Waals surface area (Å²) in [5.74, 6) is -0.414. The number of hydrogen-bond acceptors (Lipinski definition) is 2. The lowest BCUT2D eigenvalue weighted by molar-refractivity contribution is 0.145. The van der Waals surface area contributed by atoms with E-state index < -0.39 is 18.0 Å². The maximum Gasteiger partial charge on any atom is 0.280 e. The van der Waals surface area contributed by atoms with Crippen LogP contribution in [0, 0.1) is 0 Å². The molecule has 1 rings (SSSR count). The van der Waals surface area contributed by atoms with Gasteiger partial charge in [-0.05, 0) is 28.1 Å². The Labute approximate surface area is 70.0 Å². The Morgan fingerprint density at radius 2 is 2.09 bits per heavy atom. The van der Waals surface area contributed by atoms with Gasteiger partial charge in [-0.3, -0.25) is 0 Å². The summed E-state index contributed by atoms with van der Waals surface area (Å²) in [7, 11) is 0. The van der Waals surface area contributed by atoms with Gasteiger partial charge in [0.05, 0.1) is 4.47 Å². The van der Waals surface area contributed by atoms with Gasteiger partial charge in [0.1, 0.15) is 5.69 Å². The minimum absolute atomic E-state index is 0.307. The number of alkyl halides is 2. The first-order valence-corrected chi connectivity index (χ1v) is 3.54. The van der Waals surface area contributed by atoms with Crippen molar-refractivity contribution in [3.63, 3.8) is 0 Å². The van der Waals surface area contributed by atoms with Crippen LogP contribution in [0.2, 0.25) is 0 Å². The lowest BCUT2D eigenvalue weighted by Gasteiger charge is -1.99. The number of aromatic nitrogens is 1. The fourth-order valence-corrected chi connectivity index (χ4v) is 0.788. The summed E-state index contributed by atoms with van der Waals surface area (Å²) in [6.07, 6.45) is -2.64. The molecule has 0 bridgehead atoms. The average Bonchev–Trinajstić information content (AvgIpc) is 1.94. The number of halogens is 3. The number of hydrogen-bond donors (Lipinski definition) is 1. The van der Waals surface area contributed by atoms with Crippen molar-refractivity contribution in [3.8, 4) is 5.88 Å². The predicted octanol–water partition coefficient (Wildman–Crippen LogP) is 2.49. The van der Waals surface area contributed by atoms with Crippen LogP contribution in [0.1, 0.15) is 12.1 Å². The van der Waals surface area contributed by atoms with E-state index in [1.54, 1.807) is 0 Å². The first kappa shape index (κ1) is 8.39. The van der Waals surface area contributed by atoms with Gasteiger partial charge in [-0.25, -0.2) is 13.8 Å². The normalized spacial score (nSPS) is 10.5. The van der Waals surface area contributed by atoms with E-state index in [4.69, 9.17) is 5.11 Å². The smallest absolute Gasteiger partial charge is 0.280 e. The molecule has 0 amide bonds. The molecule has 1 N–H and O–H groups in total. The molecule has 1 aromatic rings. The lowest BCUT2D eigenvalue weighted by Crippen LogP contribution is -1.88. The summed E-state index contributed by atoms with van der Waals surface area (Å²) in [6, 6.07) is 2.47. The molecule has 60 valence electrons. The van der Waals surface area contributed by atoms with Crippen LogP contribution < -0.4 is 0 Å². The Bertz CT molecular complexity index is 267. The standard InChI is InChI=1S/C6H4BrF2NO/c7-3-1-2-4(5(8)9)10-6(3)11/h1-2,5H,(H,10,11). The van der Waals surface area contributed by atoms with Gasteiger partial charge in [-0.1, -0.05) is 0 Å². The Morgan fingerprint density at radius 1 is 1.45 bits per heavy atom. The van der Waals surface area contributed by atoms with Crippen molar-refractivity contribution in [2.45, 2.75) is 6.43 Å². The van der Waals surface area contributed by atoms with Gasteiger partial charge in [0, 0.05) is 0 Å². The molecule has 0 aliphatic rings. The molecular formula is C6H4BrF2NO. The second-order valence-corrected chi connectivity index (χ2v) is 2.70. The SMILES string of the molecule is Oc1nc(C(F)F)ccc1Br. The summed E-state index contributed by atoms with van der Waals surface area (Å²) in [5.41, 5.74) is -0.425. The van der Waals surface area contributed by atoms with Gasteiger partial charge in [0.25, 0.3) is 6.43 Å². The highest BCUT2D eigenvalue weighted by atomic mass is 79.9. The van der Waals surface area contributed by atoms with Crippen molar-refractivity contribution in [1.29, 1.82) is 0 Å². The largest absolute Gasteiger partial charge is 0.492 e. The third-order valence-corrected chi connectivity index (χ3v) is 1.69. The molecule has 0 saturated heterocycles. The molecule has 0 aliphatic carbocycles. The van der Waals surface area contributed by atoms with Crippen LogP contribution in [0.4, 0.5) is 8.78 Å². The van der Waals surface area contributed by atoms with Crippen LogP contribution in [0.5, 0.6) is 5.88 Å². The number of nitrogens with zero attached hydrogens (tertiary/aromatic N) is 1. The van der Waals surface area contributed by atoms with E-state index in [1.165, 1.54) is 6.07 Å². The second kappa shape index (κ2) is 3.13. The van der Waals surface area contributed by atoms with E-state index in [-0.39, 0.29) is 0 Å². The van der Waals surface area contributed by atoms with Crippen LogP contribution in [0.25, 0.3) is 0 Å². The van der Waals surface area contributed by atoms with Crippen molar-refractivity contribution in [1.82, 2.24) is 4.98 Å². The van der Waals surface area contributed by atoms with E-state index in [0.717, 1.165) is 6.07 Å². The molecule has 11 heavy (non-hydrogen) atoms. The Balaban J connectivity index is 3.05. The zero-order valence-corrected chi connectivity index (χ0v) is 6.85. The van der Waals surface area contributed by atoms with Crippen molar-refractivity contribution < 1.29 is 13.9 Å². The monoisotopic (exact) mass is 223 g/mol. The van der Waals surface area contributed by atoms with Crippen LogP contribution in [0.15, 0.2) is 16.6 Å². The maximum atomic E-state index is 11.9. The molecule has 0 atom stereocenters. The minimum Gasteiger partial charge on any atom is -0.492 e. The van der Waals surface area contributed by atoms with Gasteiger partial charge < -0.3 is 5.11 Å². The summed E-state index contributed by atoms with van der Waals surface area (Å²) in [4.78, 5) is 3.23. The highest BCUT2D eigenvalue weighted by Crippen LogP contribution is 2.24. The number of pyridine rings is 1. The average molecular weight is 224 g/mol. The number of rotatable bonds is 1. The molecule has 0 saturated carbocycles. The van der Waals surface area contributed by atoms with Crippen LogP contribution in [0.3, 0.4) is 0 Å². The summed E-state index contributed by atoms with van der Waals surface area (Å²) < 4.78 is 24.1. The van der Waals surface area contributed by atoms with Crippen molar-refractivity contribution in [2.75, 3.05) is 0 Å². The van der Waals surface area contributed by atoms with Gasteiger partial charge in [0.15, 0.2) is 0 Å². The molecule has 0 unspecified atom stereocenters. The number of aromatic hydroxyl groups is 1. The van der Waals surface area contributed by atoms with Crippen molar-refractivity contribution >= 4 is 15.9 Å². The van der Waals surface area contributed by atoms with E-state index in [1.807, 2.05) is 0 Å². The molecule has 1 aromatic heterocycles. The van der Waals surface area contributed by atoms with Gasteiger partial charge in [-0.15, -0.1) is 0 Å². The van der Waals surface area contributed by atoms with Crippen LogP contribution >= 0.6 is 15.9 Å². The van der Waals surface area contributed by atoms with Crippen molar-refractivity contribution in [3.05, 3.63) is 22.3 Å². The fourth-order valence-electron chi connectivity index (χ4n) is 0.568. The molecule has 0 aliphatic heterocycles. The molecule has 0 aromatic carbocycles. The fraction of sp³-hybridized carbons (Fsp3) is 0.167. The Kier molecular flexibility index (Phi) is 2.38. The predicted molar refractivity (Wildman–Crippen MR) is 38.6 cm³/mol. The molecular weight excluding hydrogens is 220 g/mol. The zero-order chi connectivity index (χ0) is 8.43. The quantitative estimate of drug-likeness (QED) is 0.794. The molecule has 5 heteroatoms. The molecule has 0 spiro atoms. The zero-order valence-electron chi connectivity index (χ0n) is 5.26. The topological polar surface area (TPSA) is 33.1 Å². The van der Waals surface area contributed by atoms with Gasteiger partial charge >= 0.3 is 0 Å². The summed E-state index contributed by atoms with van der Waals surface area (Å²) in [6.45, 7) is 0. The molecule has 2 nitrogen and oxygen atoms in total. The minimum atomic E-state index is -2.64. The highest BCUT2D eigenvalue weighted by molar-refractivity contribution is 9.10. The Morgan fingerprint density at radius 3 is 2.55 bits per heavy atom. The first-order valence-electron chi connectivity index (χ1n) is 2.75. The van der Waals surface area contributed by atoms with Crippen LogP contribution in [-0.4, -0.2) is 10.1 Å². The van der Waals surface area contributed by atoms with E-state index in [2.05, 4.69) is 20.9 Å². The lowest BCUT2D eigenvalue weighted by atomic mass is 10.3. The maximum absolute atomic E-state index is 11.9. The van der Waals surface area contributed by atoms with E-state index >= 15 is 0 Å². The summed E-state index contributed by atoms with van der Waals surface area (Å²) in [5, 5.41) is 8.86. The van der Waals surface area contributed by atoms with E-state index in [9.17, 15) is 8.78 Å². The molecule has 0 radical (unpaired) electrons. The molecule has 1 heterocycles. The third-order valence-electron chi connectivity index (χ3n) is 1.07.